The lowest BCUT2D eigenvalue weighted by Crippen LogP contribution is -2.66. The monoisotopic (exact) mass is 352 g/mol. The van der Waals surface area contributed by atoms with Crippen LogP contribution in [0.15, 0.2) is 60.7 Å². The van der Waals surface area contributed by atoms with Gasteiger partial charge < -0.3 is 9.53 Å². The predicted molar refractivity (Wildman–Crippen MR) is 108 cm³/mol. The highest BCUT2D eigenvalue weighted by Gasteiger charge is 2.49. The van der Waals surface area contributed by atoms with Crippen molar-refractivity contribution >= 4 is 18.7 Å². The Bertz CT molecular complexity index is 644. The summed E-state index contributed by atoms with van der Waals surface area (Å²) in [5, 5.41) is 12.4. The van der Waals surface area contributed by atoms with Gasteiger partial charge >= 0.3 is 0 Å². The molecule has 0 radical (unpaired) electrons. The highest BCUT2D eigenvalue weighted by Crippen LogP contribution is 2.36. The quantitative estimate of drug-likeness (QED) is 0.612. The van der Waals surface area contributed by atoms with Crippen LogP contribution in [-0.4, -0.2) is 26.1 Å². The van der Waals surface area contributed by atoms with E-state index in [1.54, 1.807) is 0 Å². The van der Waals surface area contributed by atoms with Gasteiger partial charge in [-0.2, -0.15) is 0 Å². The zero-order valence-electron chi connectivity index (χ0n) is 15.4. The molecule has 0 bridgehead atoms. The van der Waals surface area contributed by atoms with Gasteiger partial charge in [0, 0.05) is 13.0 Å². The fraction of sp³-hybridized carbons (Fsp3) is 0.364. The van der Waals surface area contributed by atoms with Crippen molar-refractivity contribution in [3.05, 3.63) is 60.7 Å². The molecule has 0 aliphatic heterocycles. The van der Waals surface area contributed by atoms with E-state index in [1.165, 1.54) is 10.4 Å². The molecule has 0 aliphatic rings. The number of terminal acetylenes is 1. The molecule has 0 saturated carbocycles. The molecule has 0 spiro atoms. The van der Waals surface area contributed by atoms with Crippen molar-refractivity contribution in [2.45, 2.75) is 44.8 Å². The summed E-state index contributed by atoms with van der Waals surface area (Å²) < 4.78 is 6.69. The van der Waals surface area contributed by atoms with Gasteiger partial charge in [-0.05, 0) is 21.8 Å². The molecule has 0 aliphatic carbocycles. The van der Waals surface area contributed by atoms with Gasteiger partial charge in [0.2, 0.25) is 0 Å². The molecule has 0 aromatic heterocycles. The van der Waals surface area contributed by atoms with E-state index in [-0.39, 0.29) is 5.04 Å². The minimum atomic E-state index is -2.50. The maximum absolute atomic E-state index is 9.98. The van der Waals surface area contributed by atoms with E-state index in [1.807, 2.05) is 12.1 Å². The second-order valence-corrected chi connectivity index (χ2v) is 11.7. The first-order valence-electron chi connectivity index (χ1n) is 8.78. The lowest BCUT2D eigenvalue weighted by atomic mass is 10.2. The zero-order chi connectivity index (χ0) is 18.3. The summed E-state index contributed by atoms with van der Waals surface area (Å²) in [6, 6.07) is 21.0. The summed E-state index contributed by atoms with van der Waals surface area (Å²) in [5.74, 6) is 2.51. The molecular formula is C22H28O2Si. The number of aliphatic hydroxyl groups excluding tert-OH is 1. The molecule has 25 heavy (non-hydrogen) atoms. The van der Waals surface area contributed by atoms with Crippen molar-refractivity contribution in [2.24, 2.45) is 0 Å². The van der Waals surface area contributed by atoms with Crippen molar-refractivity contribution in [1.29, 1.82) is 0 Å². The fourth-order valence-electron chi connectivity index (χ4n) is 3.35. The van der Waals surface area contributed by atoms with E-state index in [2.05, 4.69) is 75.2 Å². The average molecular weight is 353 g/mol. The molecule has 0 saturated heterocycles. The lowest BCUT2D eigenvalue weighted by molar-refractivity contribution is 0.141. The standard InChI is InChI=1S/C22H28O2Si/c1-5-12-19(23)17-18-24-25(22(2,3)4,20-13-8-6-9-14-20)21-15-10-7-11-16-21/h1,6-11,13-16,19,23H,12,17-18H2,2-4H3/t19-/m0/s1. The van der Waals surface area contributed by atoms with Gasteiger partial charge in [0.25, 0.3) is 8.32 Å². The Morgan fingerprint density at radius 1 is 1.00 bits per heavy atom. The molecule has 2 rings (SSSR count). The van der Waals surface area contributed by atoms with Crippen LogP contribution >= 0.6 is 0 Å². The van der Waals surface area contributed by atoms with E-state index in [0.29, 0.717) is 19.4 Å². The smallest absolute Gasteiger partial charge is 0.261 e. The Kier molecular flexibility index (Phi) is 6.61. The largest absolute Gasteiger partial charge is 0.407 e. The summed E-state index contributed by atoms with van der Waals surface area (Å²) in [5.41, 5.74) is 0. The highest BCUT2D eigenvalue weighted by atomic mass is 28.4. The van der Waals surface area contributed by atoms with Gasteiger partial charge in [0.05, 0.1) is 6.10 Å². The third-order valence-corrected chi connectivity index (χ3v) is 9.58. The topological polar surface area (TPSA) is 29.5 Å². The van der Waals surface area contributed by atoms with Crippen molar-refractivity contribution in [2.75, 3.05) is 6.61 Å². The number of hydrogen-bond donors (Lipinski definition) is 1. The molecule has 1 atom stereocenters. The Hall–Kier alpha value is -1.86. The SMILES string of the molecule is C#CC[C@H](O)CCO[Si](c1ccccc1)(c1ccccc1)C(C)(C)C. The van der Waals surface area contributed by atoms with Crippen LogP contribution in [0.3, 0.4) is 0 Å². The first-order chi connectivity index (χ1) is 11.9. The third kappa shape index (κ3) is 4.41. The molecule has 0 fully saturated rings. The molecule has 0 heterocycles. The van der Waals surface area contributed by atoms with Crippen LogP contribution in [0.5, 0.6) is 0 Å². The first-order valence-corrected chi connectivity index (χ1v) is 10.7. The van der Waals surface area contributed by atoms with E-state index in [4.69, 9.17) is 10.8 Å². The van der Waals surface area contributed by atoms with Crippen molar-refractivity contribution in [3.8, 4) is 12.3 Å². The number of hydrogen-bond acceptors (Lipinski definition) is 2. The predicted octanol–water partition coefficient (Wildman–Crippen LogP) is 3.34. The molecule has 3 heteroatoms. The molecule has 2 aromatic rings. The van der Waals surface area contributed by atoms with E-state index in [0.717, 1.165) is 0 Å². The molecule has 2 nitrogen and oxygen atoms in total. The lowest BCUT2D eigenvalue weighted by Gasteiger charge is -2.43. The van der Waals surface area contributed by atoms with Crippen LogP contribution in [0.4, 0.5) is 0 Å². The molecule has 0 amide bonds. The van der Waals surface area contributed by atoms with Gasteiger partial charge in [-0.15, -0.1) is 12.3 Å². The van der Waals surface area contributed by atoms with Crippen molar-refractivity contribution < 1.29 is 9.53 Å². The Labute approximate surface area is 153 Å². The zero-order valence-corrected chi connectivity index (χ0v) is 16.4. The summed E-state index contributed by atoms with van der Waals surface area (Å²) >= 11 is 0. The Balaban J connectivity index is 2.44. The molecule has 132 valence electrons. The van der Waals surface area contributed by atoms with Crippen LogP contribution in [-0.2, 0) is 4.43 Å². The number of rotatable bonds is 7. The Morgan fingerprint density at radius 2 is 1.48 bits per heavy atom. The Morgan fingerprint density at radius 3 is 1.88 bits per heavy atom. The summed E-state index contributed by atoms with van der Waals surface area (Å²) in [6.45, 7) is 7.24. The molecule has 0 unspecified atom stereocenters. The third-order valence-electron chi connectivity index (χ3n) is 4.54. The first kappa shape index (κ1) is 19.5. The maximum atomic E-state index is 9.98. The summed E-state index contributed by atoms with van der Waals surface area (Å²) in [6.07, 6.45) is 5.70. The van der Waals surface area contributed by atoms with Crippen LogP contribution in [0, 0.1) is 12.3 Å². The van der Waals surface area contributed by atoms with Crippen LogP contribution < -0.4 is 10.4 Å². The van der Waals surface area contributed by atoms with E-state index >= 15 is 0 Å². The minimum absolute atomic E-state index is 0.0488. The fourth-order valence-corrected chi connectivity index (χ4v) is 7.93. The van der Waals surface area contributed by atoms with Crippen molar-refractivity contribution in [3.63, 3.8) is 0 Å². The van der Waals surface area contributed by atoms with Gasteiger partial charge in [0.15, 0.2) is 0 Å². The number of aliphatic hydroxyl groups is 1. The van der Waals surface area contributed by atoms with E-state index in [9.17, 15) is 5.11 Å². The van der Waals surface area contributed by atoms with Crippen molar-refractivity contribution in [1.82, 2.24) is 0 Å². The average Bonchev–Trinajstić information content (AvgIpc) is 2.59. The summed E-state index contributed by atoms with van der Waals surface area (Å²) in [7, 11) is -2.50. The van der Waals surface area contributed by atoms with Crippen LogP contribution in [0.25, 0.3) is 0 Å². The van der Waals surface area contributed by atoms with Crippen LogP contribution in [0.2, 0.25) is 5.04 Å². The van der Waals surface area contributed by atoms with E-state index < -0.39 is 14.4 Å². The minimum Gasteiger partial charge on any atom is -0.407 e. The van der Waals surface area contributed by atoms with Gasteiger partial charge in [-0.1, -0.05) is 81.4 Å². The second-order valence-electron chi connectivity index (χ2n) is 7.36. The maximum Gasteiger partial charge on any atom is 0.261 e. The van der Waals surface area contributed by atoms with Gasteiger partial charge in [-0.25, -0.2) is 0 Å². The van der Waals surface area contributed by atoms with Gasteiger partial charge in [-0.3, -0.25) is 0 Å². The second kappa shape index (κ2) is 8.49. The molecule has 1 N–H and O–H groups in total. The normalized spacial score (nSPS) is 13.2. The molecule has 2 aromatic carbocycles. The molecular weight excluding hydrogens is 324 g/mol. The number of benzene rings is 2. The van der Waals surface area contributed by atoms with Gasteiger partial charge in [0.1, 0.15) is 0 Å². The summed E-state index contributed by atoms with van der Waals surface area (Å²) in [4.78, 5) is 0. The van der Waals surface area contributed by atoms with Crippen LogP contribution in [0.1, 0.15) is 33.6 Å². The highest BCUT2D eigenvalue weighted by molar-refractivity contribution is 6.99.